The number of pyridine rings is 1. The van der Waals surface area contributed by atoms with E-state index in [9.17, 15) is 9.59 Å². The number of fused-ring (bicyclic) bond motifs is 1. The van der Waals surface area contributed by atoms with Crippen molar-refractivity contribution in [3.8, 4) is 11.5 Å². The molecule has 0 unspecified atom stereocenters. The van der Waals surface area contributed by atoms with Gasteiger partial charge in [-0.15, -0.1) is 0 Å². The number of hydrogen-bond acceptors (Lipinski definition) is 4. The summed E-state index contributed by atoms with van der Waals surface area (Å²) < 4.78 is 11.1. The highest BCUT2D eigenvalue weighted by atomic mass is 16.5. The molecule has 0 radical (unpaired) electrons. The summed E-state index contributed by atoms with van der Waals surface area (Å²) >= 11 is 0. The number of aromatic amines is 1. The van der Waals surface area contributed by atoms with Crippen LogP contribution >= 0.6 is 0 Å². The predicted octanol–water partition coefficient (Wildman–Crippen LogP) is 1.79. The molecule has 0 spiro atoms. The van der Waals surface area contributed by atoms with Gasteiger partial charge in [-0.05, 0) is 18.2 Å². The van der Waals surface area contributed by atoms with Crippen molar-refractivity contribution >= 4 is 11.6 Å². The first kappa shape index (κ1) is 13.2. The number of aromatic nitrogens is 1. The zero-order valence-electron chi connectivity index (χ0n) is 11.2. The molecule has 2 N–H and O–H groups in total. The van der Waals surface area contributed by atoms with Crippen LogP contribution in [0.2, 0.25) is 0 Å². The Morgan fingerprint density at radius 3 is 2.67 bits per heavy atom. The lowest BCUT2D eigenvalue weighted by Gasteiger charge is -2.10. The fourth-order valence-electron chi connectivity index (χ4n) is 2.00. The molecule has 0 saturated carbocycles. The number of amides is 1. The molecule has 108 valence electrons. The third kappa shape index (κ3) is 3.05. The normalized spacial score (nSPS) is 13.3. The van der Waals surface area contributed by atoms with E-state index < -0.39 is 0 Å². The first-order valence-corrected chi connectivity index (χ1v) is 6.62. The van der Waals surface area contributed by atoms with E-state index >= 15 is 0 Å². The first-order valence-electron chi connectivity index (χ1n) is 6.62. The molecule has 21 heavy (non-hydrogen) atoms. The summed E-state index contributed by atoms with van der Waals surface area (Å²) in [7, 11) is 0. The molecule has 0 bridgehead atoms. The van der Waals surface area contributed by atoms with Crippen LogP contribution in [0.25, 0.3) is 0 Å². The van der Waals surface area contributed by atoms with Gasteiger partial charge >= 0.3 is 0 Å². The average molecular weight is 286 g/mol. The lowest BCUT2D eigenvalue weighted by Crippen LogP contribution is -2.14. The van der Waals surface area contributed by atoms with E-state index in [1.165, 1.54) is 18.3 Å². The van der Waals surface area contributed by atoms with Gasteiger partial charge in [0.25, 0.3) is 5.91 Å². The maximum atomic E-state index is 12.1. The topological polar surface area (TPSA) is 80.4 Å². The number of benzene rings is 1. The molecule has 2 aromatic rings. The first-order chi connectivity index (χ1) is 10.2. The van der Waals surface area contributed by atoms with E-state index in [0.717, 1.165) is 6.42 Å². The summed E-state index contributed by atoms with van der Waals surface area (Å²) in [5, 5.41) is 2.75. The number of hydrogen-bond donors (Lipinski definition) is 2. The fraction of sp³-hybridized carbons (Fsp3) is 0.200. The molecule has 1 aliphatic heterocycles. The van der Waals surface area contributed by atoms with Crippen LogP contribution in [0.3, 0.4) is 0 Å². The van der Waals surface area contributed by atoms with Gasteiger partial charge in [-0.25, -0.2) is 0 Å². The highest BCUT2D eigenvalue weighted by molar-refractivity contribution is 6.04. The number of rotatable bonds is 2. The highest BCUT2D eigenvalue weighted by Gasteiger charge is 2.12. The predicted molar refractivity (Wildman–Crippen MR) is 77.1 cm³/mol. The monoisotopic (exact) mass is 286 g/mol. The van der Waals surface area contributed by atoms with Crippen LogP contribution in [0.1, 0.15) is 16.8 Å². The Bertz CT molecular complexity index is 703. The molecule has 1 aromatic heterocycles. The molecule has 1 aromatic carbocycles. The Hall–Kier alpha value is -2.76. The van der Waals surface area contributed by atoms with Crippen molar-refractivity contribution < 1.29 is 14.3 Å². The molecule has 2 heterocycles. The van der Waals surface area contributed by atoms with E-state index in [1.807, 2.05) is 0 Å². The van der Waals surface area contributed by atoms with Gasteiger partial charge in [0.1, 0.15) is 0 Å². The summed E-state index contributed by atoms with van der Waals surface area (Å²) in [6, 6.07) is 8.02. The number of anilines is 1. The van der Waals surface area contributed by atoms with Gasteiger partial charge in [0, 0.05) is 30.4 Å². The third-order valence-corrected chi connectivity index (χ3v) is 3.05. The molecule has 0 aliphatic carbocycles. The Labute approximate surface area is 120 Å². The van der Waals surface area contributed by atoms with E-state index in [-0.39, 0.29) is 11.5 Å². The van der Waals surface area contributed by atoms with Crippen LogP contribution in [-0.2, 0) is 0 Å². The van der Waals surface area contributed by atoms with Crippen LogP contribution in [0.5, 0.6) is 11.5 Å². The maximum absolute atomic E-state index is 12.1. The molecule has 0 fully saturated rings. The zero-order chi connectivity index (χ0) is 14.7. The second kappa shape index (κ2) is 5.70. The number of ether oxygens (including phenoxy) is 2. The second-order valence-corrected chi connectivity index (χ2v) is 4.61. The SMILES string of the molecule is O=C(Nc1ccc2c(c1)OCCCO2)c1ccc(=O)[nH]c1. The van der Waals surface area contributed by atoms with Crippen molar-refractivity contribution in [1.82, 2.24) is 4.98 Å². The largest absolute Gasteiger partial charge is 0.490 e. The average Bonchev–Trinajstić information content (AvgIpc) is 2.72. The van der Waals surface area contributed by atoms with Crippen LogP contribution in [0, 0.1) is 0 Å². The number of carbonyl (C=O) groups excluding carboxylic acids is 1. The Balaban J connectivity index is 1.78. The van der Waals surface area contributed by atoms with Gasteiger partial charge in [-0.2, -0.15) is 0 Å². The van der Waals surface area contributed by atoms with E-state index in [0.29, 0.717) is 36.0 Å². The van der Waals surface area contributed by atoms with Crippen LogP contribution in [-0.4, -0.2) is 24.1 Å². The van der Waals surface area contributed by atoms with Crippen molar-refractivity contribution in [3.05, 3.63) is 52.4 Å². The van der Waals surface area contributed by atoms with E-state index in [2.05, 4.69) is 10.3 Å². The molecule has 1 aliphatic rings. The third-order valence-electron chi connectivity index (χ3n) is 3.05. The molecule has 6 heteroatoms. The molecular formula is C15H14N2O4. The minimum Gasteiger partial charge on any atom is -0.490 e. The molecule has 3 rings (SSSR count). The van der Waals surface area contributed by atoms with Crippen LogP contribution in [0.4, 0.5) is 5.69 Å². The molecule has 0 saturated heterocycles. The van der Waals surface area contributed by atoms with Gasteiger partial charge in [-0.1, -0.05) is 0 Å². The number of carbonyl (C=O) groups is 1. The van der Waals surface area contributed by atoms with Crippen LogP contribution < -0.4 is 20.3 Å². The summed E-state index contributed by atoms with van der Waals surface area (Å²) in [4.78, 5) is 25.5. The van der Waals surface area contributed by atoms with Gasteiger partial charge in [0.05, 0.1) is 18.8 Å². The van der Waals surface area contributed by atoms with Gasteiger partial charge < -0.3 is 19.8 Å². The van der Waals surface area contributed by atoms with Crippen LogP contribution in [0.15, 0.2) is 41.3 Å². The minimum absolute atomic E-state index is 0.248. The standard InChI is InChI=1S/C15H14N2O4/c18-14-5-2-10(9-16-14)15(19)17-11-3-4-12-13(8-11)21-7-1-6-20-12/h2-5,8-9H,1,6-7H2,(H,16,18)(H,17,19). The quantitative estimate of drug-likeness (QED) is 0.882. The number of nitrogens with one attached hydrogen (secondary N) is 2. The minimum atomic E-state index is -0.305. The van der Waals surface area contributed by atoms with Crippen molar-refractivity contribution in [2.24, 2.45) is 0 Å². The van der Waals surface area contributed by atoms with E-state index in [4.69, 9.17) is 9.47 Å². The lowest BCUT2D eigenvalue weighted by atomic mass is 10.2. The number of H-pyrrole nitrogens is 1. The Morgan fingerprint density at radius 2 is 1.90 bits per heavy atom. The van der Waals surface area contributed by atoms with Crippen molar-refractivity contribution in [2.45, 2.75) is 6.42 Å². The van der Waals surface area contributed by atoms with E-state index in [1.54, 1.807) is 18.2 Å². The summed E-state index contributed by atoms with van der Waals surface area (Å²) in [5.74, 6) is 0.988. The fourth-order valence-corrected chi connectivity index (χ4v) is 2.00. The maximum Gasteiger partial charge on any atom is 0.257 e. The molecule has 1 amide bonds. The Morgan fingerprint density at radius 1 is 1.10 bits per heavy atom. The highest BCUT2D eigenvalue weighted by Crippen LogP contribution is 2.32. The second-order valence-electron chi connectivity index (χ2n) is 4.61. The van der Waals surface area contributed by atoms with Gasteiger partial charge in [-0.3, -0.25) is 9.59 Å². The van der Waals surface area contributed by atoms with Gasteiger partial charge in [0.15, 0.2) is 11.5 Å². The summed E-state index contributed by atoms with van der Waals surface area (Å²) in [6.45, 7) is 1.21. The van der Waals surface area contributed by atoms with Crippen molar-refractivity contribution in [3.63, 3.8) is 0 Å². The summed E-state index contributed by atoms with van der Waals surface area (Å²) in [5.41, 5.74) is 0.735. The molecule has 0 atom stereocenters. The van der Waals surface area contributed by atoms with Crippen molar-refractivity contribution in [1.29, 1.82) is 0 Å². The Kier molecular flexibility index (Phi) is 3.59. The zero-order valence-corrected chi connectivity index (χ0v) is 11.2. The molecular weight excluding hydrogens is 272 g/mol. The van der Waals surface area contributed by atoms with Gasteiger partial charge in [0.2, 0.25) is 5.56 Å². The smallest absolute Gasteiger partial charge is 0.257 e. The van der Waals surface area contributed by atoms with Crippen molar-refractivity contribution in [2.75, 3.05) is 18.5 Å². The summed E-state index contributed by atoms with van der Waals surface area (Å²) in [6.07, 6.45) is 2.20. The lowest BCUT2D eigenvalue weighted by molar-refractivity contribution is 0.102. The molecule has 6 nitrogen and oxygen atoms in total.